The molecule has 0 N–H and O–H groups in total. The van der Waals surface area contributed by atoms with Gasteiger partial charge in [0.25, 0.3) is 17.7 Å². The minimum Gasteiger partial charge on any atom is -0.450 e. The number of hydrogen-bond donors (Lipinski definition) is 0. The van der Waals surface area contributed by atoms with E-state index in [4.69, 9.17) is 14.2 Å². The zero-order chi connectivity index (χ0) is 36.7. The van der Waals surface area contributed by atoms with Crippen molar-refractivity contribution >= 4 is 35.6 Å². The van der Waals surface area contributed by atoms with Gasteiger partial charge in [0.2, 0.25) is 0 Å². The Labute approximate surface area is 282 Å². The molecule has 0 aromatic carbocycles. The van der Waals surface area contributed by atoms with Crippen LogP contribution in [0, 0.1) is 35.5 Å². The number of rotatable bonds is 8. The Morgan fingerprint density at radius 2 is 0.723 bits per heavy atom. The summed E-state index contributed by atoms with van der Waals surface area (Å²) in [5.41, 5.74) is 0. The topological polar surface area (TPSA) is 140 Å². The number of esters is 3. The van der Waals surface area contributed by atoms with Gasteiger partial charge in [-0.1, -0.05) is 83.1 Å². The van der Waals surface area contributed by atoms with Gasteiger partial charge in [-0.2, -0.15) is 0 Å². The van der Waals surface area contributed by atoms with Crippen LogP contribution in [0.15, 0.2) is 0 Å². The molecule has 47 heavy (non-hydrogen) atoms. The highest BCUT2D eigenvalue weighted by molar-refractivity contribution is 5.94. The molecule has 0 bridgehead atoms. The van der Waals surface area contributed by atoms with Crippen LogP contribution in [0.2, 0.25) is 0 Å². The van der Waals surface area contributed by atoms with Crippen LogP contribution >= 0.6 is 0 Å². The Bertz CT molecular complexity index is 1100. The lowest BCUT2D eigenvalue weighted by Gasteiger charge is -2.37. The van der Waals surface area contributed by atoms with E-state index in [0.717, 1.165) is 0 Å². The molecule has 1 rings (SSSR count). The van der Waals surface area contributed by atoms with Crippen LogP contribution in [0.5, 0.6) is 0 Å². The summed E-state index contributed by atoms with van der Waals surface area (Å²) in [6, 6.07) is -3.29. The van der Waals surface area contributed by atoms with Gasteiger partial charge < -0.3 is 28.9 Å². The van der Waals surface area contributed by atoms with Crippen molar-refractivity contribution in [2.24, 2.45) is 35.5 Å². The molecule has 1 aliphatic heterocycles. The number of nitrogens with zero attached hydrogens (tertiary/aromatic N) is 3. The van der Waals surface area contributed by atoms with Gasteiger partial charge in [0, 0.05) is 21.1 Å². The fraction of sp³-hybridized carbons (Fsp3) is 0.829. The standard InChI is InChI=1S/C35H61N3O9/c1-18(2)16-24-33(42)45-27(21(7)8)30(39)36(13)25(17-19(3)4)34(43)46-29(23(11)12)32(41)38(15)26(20(5)6)35(44)47-28(22(9)10)31(40)37(24)14/h18-29H,16-17H2,1-15H3. The maximum atomic E-state index is 14.0. The third kappa shape index (κ3) is 10.9. The van der Waals surface area contributed by atoms with E-state index in [0.29, 0.717) is 0 Å². The van der Waals surface area contributed by atoms with Gasteiger partial charge in [-0.25, -0.2) is 14.4 Å². The Balaban J connectivity index is 3.96. The molecule has 3 amide bonds. The summed E-state index contributed by atoms with van der Waals surface area (Å²) in [5, 5.41) is 0. The van der Waals surface area contributed by atoms with E-state index in [1.807, 2.05) is 27.7 Å². The van der Waals surface area contributed by atoms with Gasteiger partial charge >= 0.3 is 17.9 Å². The summed E-state index contributed by atoms with van der Waals surface area (Å²) in [5.74, 6) is -6.13. The fourth-order valence-electron chi connectivity index (χ4n) is 5.66. The second-order valence-corrected chi connectivity index (χ2v) is 15.1. The Kier molecular flexibility index (Phi) is 15.9. The zero-order valence-corrected chi connectivity index (χ0v) is 31.4. The Morgan fingerprint density at radius 3 is 0.979 bits per heavy atom. The van der Waals surface area contributed by atoms with E-state index >= 15 is 0 Å². The van der Waals surface area contributed by atoms with Crippen LogP contribution in [0.1, 0.15) is 95.9 Å². The average Bonchev–Trinajstić information content (AvgIpc) is 2.95. The minimum atomic E-state index is -1.28. The molecule has 0 saturated carbocycles. The highest BCUT2D eigenvalue weighted by atomic mass is 16.6. The Hall–Kier alpha value is -3.18. The summed E-state index contributed by atoms with van der Waals surface area (Å²) >= 11 is 0. The van der Waals surface area contributed by atoms with Crippen molar-refractivity contribution in [3.8, 4) is 0 Å². The van der Waals surface area contributed by atoms with Crippen LogP contribution in [-0.4, -0.2) is 108 Å². The molecule has 12 nitrogen and oxygen atoms in total. The fourth-order valence-corrected chi connectivity index (χ4v) is 5.66. The van der Waals surface area contributed by atoms with Crippen molar-refractivity contribution in [3.05, 3.63) is 0 Å². The molecule has 0 radical (unpaired) electrons. The predicted molar refractivity (Wildman–Crippen MR) is 178 cm³/mol. The lowest BCUT2D eigenvalue weighted by Crippen LogP contribution is -2.57. The first kappa shape index (κ1) is 41.8. The smallest absolute Gasteiger partial charge is 0.329 e. The van der Waals surface area contributed by atoms with Gasteiger partial charge in [0.15, 0.2) is 18.3 Å². The average molecular weight is 668 g/mol. The van der Waals surface area contributed by atoms with Crippen molar-refractivity contribution in [2.45, 2.75) is 132 Å². The van der Waals surface area contributed by atoms with Crippen molar-refractivity contribution in [3.63, 3.8) is 0 Å². The van der Waals surface area contributed by atoms with Gasteiger partial charge in [-0.05, 0) is 48.3 Å². The van der Waals surface area contributed by atoms with Gasteiger partial charge in [0.05, 0.1) is 0 Å². The molecule has 12 heteroatoms. The quantitative estimate of drug-likeness (QED) is 0.278. The molecule has 0 aromatic heterocycles. The molecule has 270 valence electrons. The number of likely N-dealkylation sites (N-methyl/N-ethyl adjacent to an activating group) is 3. The maximum absolute atomic E-state index is 14.0. The maximum Gasteiger partial charge on any atom is 0.329 e. The van der Waals surface area contributed by atoms with E-state index in [1.54, 1.807) is 55.4 Å². The first-order valence-electron chi connectivity index (χ1n) is 17.0. The molecule has 1 fully saturated rings. The third-order valence-electron chi connectivity index (χ3n) is 8.48. The normalized spacial score (nSPS) is 26.9. The van der Waals surface area contributed by atoms with Gasteiger partial charge in [0.1, 0.15) is 18.1 Å². The van der Waals surface area contributed by atoms with Crippen LogP contribution < -0.4 is 0 Å². The molecule has 0 aliphatic carbocycles. The zero-order valence-electron chi connectivity index (χ0n) is 31.4. The van der Waals surface area contributed by atoms with Crippen LogP contribution in [0.3, 0.4) is 0 Å². The summed E-state index contributed by atoms with van der Waals surface area (Å²) in [7, 11) is 4.35. The van der Waals surface area contributed by atoms with E-state index in [2.05, 4.69) is 0 Å². The van der Waals surface area contributed by atoms with Crippen molar-refractivity contribution in [1.82, 2.24) is 14.7 Å². The number of cyclic esters (lactones) is 3. The van der Waals surface area contributed by atoms with Crippen LogP contribution in [-0.2, 0) is 43.0 Å². The number of amides is 3. The Morgan fingerprint density at radius 1 is 0.447 bits per heavy atom. The lowest BCUT2D eigenvalue weighted by atomic mass is 9.97. The number of ether oxygens (including phenoxy) is 3. The van der Waals surface area contributed by atoms with Crippen LogP contribution in [0.4, 0.5) is 0 Å². The van der Waals surface area contributed by atoms with Crippen molar-refractivity contribution in [2.75, 3.05) is 21.1 Å². The highest BCUT2D eigenvalue weighted by Gasteiger charge is 2.44. The summed E-state index contributed by atoms with van der Waals surface area (Å²) in [4.78, 5) is 87.0. The number of carbonyl (C=O) groups excluding carboxylic acids is 6. The number of carbonyl (C=O) groups is 6. The second-order valence-electron chi connectivity index (χ2n) is 15.1. The molecule has 6 unspecified atom stereocenters. The lowest BCUT2D eigenvalue weighted by molar-refractivity contribution is -0.180. The molecule has 0 aromatic rings. The van der Waals surface area contributed by atoms with Crippen molar-refractivity contribution in [1.29, 1.82) is 0 Å². The molecule has 1 saturated heterocycles. The first-order chi connectivity index (χ1) is 21.5. The van der Waals surface area contributed by atoms with Crippen LogP contribution in [0.25, 0.3) is 0 Å². The largest absolute Gasteiger partial charge is 0.450 e. The molecule has 6 atom stereocenters. The van der Waals surface area contributed by atoms with E-state index in [-0.39, 0.29) is 24.7 Å². The molecule has 0 spiro atoms. The monoisotopic (exact) mass is 667 g/mol. The van der Waals surface area contributed by atoms with E-state index in [1.165, 1.54) is 35.8 Å². The van der Waals surface area contributed by atoms with Gasteiger partial charge in [-0.3, -0.25) is 14.4 Å². The molecule has 1 aliphatic rings. The third-order valence-corrected chi connectivity index (χ3v) is 8.48. The van der Waals surface area contributed by atoms with Crippen molar-refractivity contribution < 1.29 is 43.0 Å². The van der Waals surface area contributed by atoms with E-state index in [9.17, 15) is 28.8 Å². The highest BCUT2D eigenvalue weighted by Crippen LogP contribution is 2.25. The van der Waals surface area contributed by atoms with E-state index < -0.39 is 95.7 Å². The summed E-state index contributed by atoms with van der Waals surface area (Å²) in [6.45, 7) is 21.4. The van der Waals surface area contributed by atoms with Gasteiger partial charge in [-0.15, -0.1) is 0 Å². The molecule has 1 heterocycles. The minimum absolute atomic E-state index is 0.0411. The first-order valence-corrected chi connectivity index (χ1v) is 17.0. The number of hydrogen-bond acceptors (Lipinski definition) is 9. The predicted octanol–water partition coefficient (Wildman–Crippen LogP) is 3.93. The summed E-state index contributed by atoms with van der Waals surface area (Å²) in [6.07, 6.45) is -3.38. The summed E-state index contributed by atoms with van der Waals surface area (Å²) < 4.78 is 17.6. The molecular formula is C35H61N3O9. The second kappa shape index (κ2) is 17.8. The SMILES string of the molecule is CC(C)CC1C(=O)OC(C(C)C)C(=O)N(C)C(C(C)C)C(=O)OC(C(C)C)C(=O)N(C)C(CC(C)C)C(=O)OC(C(C)C)C(=O)N1C. The molecular weight excluding hydrogens is 606 g/mol.